The number of rotatable bonds is 24. The van der Waals surface area contributed by atoms with Gasteiger partial charge in [-0.25, -0.2) is 14.3 Å². The molecule has 0 bridgehead atoms. The van der Waals surface area contributed by atoms with Gasteiger partial charge in [0.2, 0.25) is 5.84 Å². The minimum atomic E-state index is -0.798. The number of unbranched alkanes of at least 4 members (excludes halogenated alkanes) is 16. The van der Waals surface area contributed by atoms with Crippen LogP contribution < -0.4 is 5.73 Å². The molecule has 0 fully saturated rings. The van der Waals surface area contributed by atoms with Crippen molar-refractivity contribution in [2.75, 3.05) is 19.6 Å². The second-order valence-corrected chi connectivity index (χ2v) is 10.0. The normalized spacial score (nSPS) is 17.6. The summed E-state index contributed by atoms with van der Waals surface area (Å²) in [6.45, 7) is 3.39. The third-order valence-electron chi connectivity index (χ3n) is 6.95. The first kappa shape index (κ1) is 30.6. The second-order valence-electron chi connectivity index (χ2n) is 10.0. The number of aliphatic carboxylic acids is 1. The Balaban J connectivity index is 1.90. The van der Waals surface area contributed by atoms with Crippen LogP contribution in [0.1, 0.15) is 129 Å². The zero-order chi connectivity index (χ0) is 24.7. The summed E-state index contributed by atoms with van der Waals surface area (Å²) in [5, 5.41) is 9.28. The zero-order valence-electron chi connectivity index (χ0n) is 22.2. The van der Waals surface area contributed by atoms with E-state index in [-0.39, 0.29) is 6.54 Å². The summed E-state index contributed by atoms with van der Waals surface area (Å²) < 4.78 is 0.306. The first-order chi connectivity index (χ1) is 16.6. The molecular weight excluding hydrogens is 422 g/mol. The highest BCUT2D eigenvalue weighted by Crippen LogP contribution is 2.21. The third kappa shape index (κ3) is 14.7. The lowest BCUT2D eigenvalue weighted by atomic mass is 10.0. The molecule has 34 heavy (non-hydrogen) atoms. The lowest BCUT2D eigenvalue weighted by Gasteiger charge is -2.30. The van der Waals surface area contributed by atoms with Crippen LogP contribution in [-0.4, -0.2) is 41.0 Å². The third-order valence-corrected chi connectivity index (χ3v) is 6.95. The van der Waals surface area contributed by atoms with E-state index in [9.17, 15) is 9.90 Å². The summed E-state index contributed by atoms with van der Waals surface area (Å²) in [6.07, 6.45) is 33.2. The van der Waals surface area contributed by atoms with Crippen LogP contribution in [0.4, 0.5) is 0 Å². The van der Waals surface area contributed by atoms with Gasteiger partial charge >= 0.3 is 5.97 Å². The van der Waals surface area contributed by atoms with Gasteiger partial charge in [0.15, 0.2) is 6.54 Å². The van der Waals surface area contributed by atoms with Gasteiger partial charge in [-0.05, 0) is 32.1 Å². The van der Waals surface area contributed by atoms with E-state index in [4.69, 9.17) is 5.73 Å². The molecule has 0 aromatic rings. The number of allylic oxidation sites excluding steroid dienone is 2. The van der Waals surface area contributed by atoms with Gasteiger partial charge in [0.25, 0.3) is 0 Å². The molecule has 0 saturated heterocycles. The number of amidine groups is 1. The average molecular weight is 477 g/mol. The molecular formula is C29H54N3O2+. The second kappa shape index (κ2) is 20.9. The molecule has 0 amide bonds. The molecule has 3 N–H and O–H groups in total. The maximum atomic E-state index is 11.3. The fraction of sp³-hybridized carbons (Fsp3) is 0.793. The molecule has 1 aliphatic rings. The fourth-order valence-corrected chi connectivity index (χ4v) is 4.87. The Labute approximate surface area is 210 Å². The number of hydrogen-bond donors (Lipinski definition) is 2. The summed E-state index contributed by atoms with van der Waals surface area (Å²) in [5.74, 6) is 0.165. The molecule has 5 nitrogen and oxygen atoms in total. The van der Waals surface area contributed by atoms with Crippen molar-refractivity contribution >= 4 is 11.8 Å². The van der Waals surface area contributed by atoms with E-state index in [0.717, 1.165) is 18.7 Å². The Kier molecular flexibility index (Phi) is 18.8. The topological polar surface area (TPSA) is 75.7 Å². The molecule has 1 aliphatic heterocycles. The molecule has 1 atom stereocenters. The van der Waals surface area contributed by atoms with Crippen molar-refractivity contribution in [3.63, 3.8) is 0 Å². The molecule has 196 valence electrons. The summed E-state index contributed by atoms with van der Waals surface area (Å²) in [5.41, 5.74) is 5.74. The van der Waals surface area contributed by atoms with E-state index in [2.05, 4.69) is 24.1 Å². The Bertz CT molecular complexity index is 600. The van der Waals surface area contributed by atoms with Gasteiger partial charge in [0, 0.05) is 13.0 Å². The van der Waals surface area contributed by atoms with Gasteiger partial charge in [-0.1, -0.05) is 103 Å². The van der Waals surface area contributed by atoms with E-state index >= 15 is 0 Å². The van der Waals surface area contributed by atoms with Gasteiger partial charge in [-0.15, -0.1) is 0 Å². The molecule has 5 heteroatoms. The summed E-state index contributed by atoms with van der Waals surface area (Å²) in [7, 11) is 0. The minimum absolute atomic E-state index is 0.0437. The monoisotopic (exact) mass is 476 g/mol. The van der Waals surface area contributed by atoms with Crippen molar-refractivity contribution in [1.82, 2.24) is 0 Å². The maximum absolute atomic E-state index is 11.3. The number of nitrogens with two attached hydrogens (primary N) is 1. The summed E-state index contributed by atoms with van der Waals surface area (Å²) >= 11 is 0. The number of carbonyl (C=O) groups is 1. The van der Waals surface area contributed by atoms with Crippen molar-refractivity contribution in [2.45, 2.75) is 129 Å². The largest absolute Gasteiger partial charge is 0.477 e. The molecule has 1 unspecified atom stereocenters. The number of quaternary nitrogens is 1. The van der Waals surface area contributed by atoms with Crippen LogP contribution >= 0.6 is 0 Å². The number of aliphatic imine (C=N–C) groups is 1. The van der Waals surface area contributed by atoms with Crippen molar-refractivity contribution in [3.05, 3.63) is 24.6 Å². The molecule has 0 aromatic heterocycles. The first-order valence-electron chi connectivity index (χ1n) is 14.3. The van der Waals surface area contributed by atoms with Crippen molar-refractivity contribution in [1.29, 1.82) is 0 Å². The van der Waals surface area contributed by atoms with Crippen LogP contribution in [0.3, 0.4) is 0 Å². The Hall–Kier alpha value is -1.46. The molecule has 0 aliphatic carbocycles. The zero-order valence-corrected chi connectivity index (χ0v) is 22.2. The van der Waals surface area contributed by atoms with Gasteiger partial charge in [0.05, 0.1) is 6.20 Å². The van der Waals surface area contributed by atoms with Crippen molar-refractivity contribution < 1.29 is 14.4 Å². The number of hydrogen-bond acceptors (Lipinski definition) is 3. The van der Waals surface area contributed by atoms with Crippen LogP contribution in [0.15, 0.2) is 29.5 Å². The van der Waals surface area contributed by atoms with Crippen molar-refractivity contribution in [2.24, 2.45) is 10.7 Å². The molecule has 0 radical (unpaired) electrons. The fourth-order valence-electron chi connectivity index (χ4n) is 4.87. The van der Waals surface area contributed by atoms with E-state index in [1.807, 2.05) is 6.20 Å². The first-order valence-corrected chi connectivity index (χ1v) is 14.3. The summed E-state index contributed by atoms with van der Waals surface area (Å²) in [6, 6.07) is 0. The van der Waals surface area contributed by atoms with E-state index in [0.29, 0.717) is 17.6 Å². The standard InChI is InChI=1S/C29H53N3O2/c1-2-3-4-5-6-7-8-9-10-11-12-13-14-15-16-17-18-19-20-21-22-28-31-24-26-32(28,25-23-30)27-29(33)34/h9-10,24,26H,2-8,11-23,25,27,30H2,1H3/p+1/b10-9+. The van der Waals surface area contributed by atoms with Crippen molar-refractivity contribution in [3.8, 4) is 0 Å². The highest BCUT2D eigenvalue weighted by Gasteiger charge is 2.36. The van der Waals surface area contributed by atoms with Crippen LogP contribution in [0.2, 0.25) is 0 Å². The van der Waals surface area contributed by atoms with Crippen LogP contribution in [-0.2, 0) is 4.79 Å². The van der Waals surface area contributed by atoms with Crippen LogP contribution in [0.5, 0.6) is 0 Å². The van der Waals surface area contributed by atoms with E-state index in [1.54, 1.807) is 6.20 Å². The maximum Gasteiger partial charge on any atom is 0.360 e. The predicted octanol–water partition coefficient (Wildman–Crippen LogP) is 7.72. The van der Waals surface area contributed by atoms with Crippen LogP contribution in [0, 0.1) is 0 Å². The lowest BCUT2D eigenvalue weighted by molar-refractivity contribution is -0.778. The smallest absolute Gasteiger partial charge is 0.360 e. The van der Waals surface area contributed by atoms with Gasteiger partial charge < -0.3 is 10.8 Å². The predicted molar refractivity (Wildman–Crippen MR) is 146 cm³/mol. The highest BCUT2D eigenvalue weighted by atomic mass is 16.4. The lowest BCUT2D eigenvalue weighted by Crippen LogP contribution is -2.52. The molecule has 0 spiro atoms. The van der Waals surface area contributed by atoms with Crippen LogP contribution in [0.25, 0.3) is 0 Å². The SMILES string of the molecule is CCCCCCCC/C=C/CCCCCCCCCCCCC1=NC=C[N+]1(CCN)CC(=O)O. The van der Waals surface area contributed by atoms with Gasteiger partial charge in [-0.2, -0.15) is 0 Å². The number of nitrogens with zero attached hydrogens (tertiary/aromatic N) is 2. The molecule has 1 heterocycles. The Morgan fingerprint density at radius 3 is 1.85 bits per heavy atom. The Morgan fingerprint density at radius 2 is 1.35 bits per heavy atom. The molecule has 0 aromatic carbocycles. The molecule has 1 rings (SSSR count). The average Bonchev–Trinajstić information content (AvgIpc) is 3.19. The number of carboxylic acids is 1. The highest BCUT2D eigenvalue weighted by molar-refractivity contribution is 5.81. The molecule has 0 saturated carbocycles. The van der Waals surface area contributed by atoms with Gasteiger partial charge in [0.1, 0.15) is 12.7 Å². The van der Waals surface area contributed by atoms with E-state index in [1.165, 1.54) is 109 Å². The van der Waals surface area contributed by atoms with Gasteiger partial charge in [-0.3, -0.25) is 0 Å². The minimum Gasteiger partial charge on any atom is -0.477 e. The Morgan fingerprint density at radius 1 is 0.853 bits per heavy atom. The van der Waals surface area contributed by atoms with E-state index < -0.39 is 5.97 Å². The summed E-state index contributed by atoms with van der Waals surface area (Å²) in [4.78, 5) is 15.8. The quantitative estimate of drug-likeness (QED) is 0.0850. The number of carboxylic acid groups (broad SMARTS) is 1.